The van der Waals surface area contributed by atoms with Gasteiger partial charge in [-0.3, -0.25) is 4.79 Å². The number of nitrogens with one attached hydrogen (secondary N) is 1. The molecule has 1 atom stereocenters. The average Bonchev–Trinajstić information content (AvgIpc) is 2.28. The first-order chi connectivity index (χ1) is 8.40. The number of rotatable bonds is 5. The number of aliphatic hydroxyl groups excluding tert-OH is 1. The molecule has 0 aliphatic rings. The molecule has 0 saturated heterocycles. The van der Waals surface area contributed by atoms with Gasteiger partial charge in [-0.15, -0.1) is 0 Å². The van der Waals surface area contributed by atoms with Crippen LogP contribution in [0.5, 0.6) is 0 Å². The molecule has 4 heteroatoms. The lowest BCUT2D eigenvalue weighted by Gasteiger charge is -2.14. The number of halogens is 1. The van der Waals surface area contributed by atoms with Gasteiger partial charge in [0.15, 0.2) is 0 Å². The van der Waals surface area contributed by atoms with E-state index in [-0.39, 0.29) is 5.91 Å². The van der Waals surface area contributed by atoms with Crippen LogP contribution in [0, 0.1) is 12.8 Å². The van der Waals surface area contributed by atoms with Crippen LogP contribution in [0.3, 0.4) is 0 Å². The van der Waals surface area contributed by atoms with E-state index in [4.69, 9.17) is 0 Å². The smallest absolute Gasteiger partial charge is 0.251 e. The van der Waals surface area contributed by atoms with Crippen molar-refractivity contribution in [2.45, 2.75) is 33.3 Å². The minimum atomic E-state index is -0.481. The quantitative estimate of drug-likeness (QED) is 0.878. The van der Waals surface area contributed by atoms with E-state index < -0.39 is 6.10 Å². The summed E-state index contributed by atoms with van der Waals surface area (Å²) in [6.45, 7) is 6.33. The van der Waals surface area contributed by atoms with Crippen molar-refractivity contribution in [3.05, 3.63) is 33.8 Å². The van der Waals surface area contributed by atoms with E-state index >= 15 is 0 Å². The fraction of sp³-hybridized carbons (Fsp3) is 0.500. The summed E-state index contributed by atoms with van der Waals surface area (Å²) in [4.78, 5) is 11.9. The zero-order valence-electron chi connectivity index (χ0n) is 11.0. The van der Waals surface area contributed by atoms with Crippen molar-refractivity contribution in [3.63, 3.8) is 0 Å². The first-order valence-electron chi connectivity index (χ1n) is 6.12. The standard InChI is InChI=1S/C14H20BrNO2/c1-9(2)6-12(17)8-16-14(18)11-4-5-13(15)10(3)7-11/h4-5,7,9,12,17H,6,8H2,1-3H3,(H,16,18). The largest absolute Gasteiger partial charge is 0.391 e. The van der Waals surface area contributed by atoms with Gasteiger partial charge in [0.05, 0.1) is 6.10 Å². The number of benzene rings is 1. The molecule has 0 fully saturated rings. The normalized spacial score (nSPS) is 12.6. The van der Waals surface area contributed by atoms with Gasteiger partial charge in [0.25, 0.3) is 5.91 Å². The van der Waals surface area contributed by atoms with Gasteiger partial charge in [0, 0.05) is 16.6 Å². The molecular formula is C14H20BrNO2. The average molecular weight is 314 g/mol. The molecule has 0 heterocycles. The maximum Gasteiger partial charge on any atom is 0.251 e. The molecule has 2 N–H and O–H groups in total. The lowest BCUT2D eigenvalue weighted by molar-refractivity contribution is 0.0900. The highest BCUT2D eigenvalue weighted by Crippen LogP contribution is 2.17. The number of hydrogen-bond acceptors (Lipinski definition) is 2. The van der Waals surface area contributed by atoms with E-state index in [0.717, 1.165) is 10.0 Å². The van der Waals surface area contributed by atoms with Gasteiger partial charge in [-0.05, 0) is 43.0 Å². The predicted molar refractivity (Wildman–Crippen MR) is 76.7 cm³/mol. The van der Waals surface area contributed by atoms with Crippen LogP contribution in [0.1, 0.15) is 36.2 Å². The molecule has 0 radical (unpaired) electrons. The van der Waals surface area contributed by atoms with Crippen LogP contribution < -0.4 is 5.32 Å². The fourth-order valence-electron chi connectivity index (χ4n) is 1.73. The van der Waals surface area contributed by atoms with Crippen molar-refractivity contribution in [1.82, 2.24) is 5.32 Å². The molecule has 100 valence electrons. The molecule has 3 nitrogen and oxygen atoms in total. The minimum absolute atomic E-state index is 0.145. The molecule has 1 unspecified atom stereocenters. The predicted octanol–water partition coefficient (Wildman–Crippen LogP) is 2.89. The molecule has 0 saturated carbocycles. The highest BCUT2D eigenvalue weighted by Gasteiger charge is 2.11. The van der Waals surface area contributed by atoms with E-state index in [0.29, 0.717) is 24.4 Å². The number of amides is 1. The SMILES string of the molecule is Cc1cc(C(=O)NCC(O)CC(C)C)ccc1Br. The Morgan fingerprint density at radius 2 is 2.11 bits per heavy atom. The van der Waals surface area contributed by atoms with Gasteiger partial charge in [-0.25, -0.2) is 0 Å². The molecule has 0 spiro atoms. The van der Waals surface area contributed by atoms with E-state index in [9.17, 15) is 9.90 Å². The van der Waals surface area contributed by atoms with Crippen LogP contribution in [0.15, 0.2) is 22.7 Å². The van der Waals surface area contributed by atoms with Crippen LogP contribution in [0.25, 0.3) is 0 Å². The molecule has 18 heavy (non-hydrogen) atoms. The van der Waals surface area contributed by atoms with E-state index in [2.05, 4.69) is 21.2 Å². The summed E-state index contributed by atoms with van der Waals surface area (Å²) < 4.78 is 0.985. The van der Waals surface area contributed by atoms with Crippen LogP contribution in [0.4, 0.5) is 0 Å². The monoisotopic (exact) mass is 313 g/mol. The number of carbonyl (C=O) groups is 1. The van der Waals surface area contributed by atoms with Gasteiger partial charge in [-0.2, -0.15) is 0 Å². The van der Waals surface area contributed by atoms with Gasteiger partial charge >= 0.3 is 0 Å². The summed E-state index contributed by atoms with van der Waals surface area (Å²) in [5.74, 6) is 0.278. The van der Waals surface area contributed by atoms with Crippen LogP contribution in [-0.2, 0) is 0 Å². The van der Waals surface area contributed by atoms with Crippen molar-refractivity contribution in [2.75, 3.05) is 6.54 Å². The summed E-state index contributed by atoms with van der Waals surface area (Å²) in [5, 5.41) is 12.4. The topological polar surface area (TPSA) is 49.3 Å². The molecule has 0 aromatic heterocycles. The summed E-state index contributed by atoms with van der Waals surface area (Å²) >= 11 is 3.40. The Bertz CT molecular complexity index is 418. The summed E-state index contributed by atoms with van der Waals surface area (Å²) in [7, 11) is 0. The Balaban J connectivity index is 2.52. The van der Waals surface area contributed by atoms with Crippen LogP contribution in [0.2, 0.25) is 0 Å². The molecule has 1 aromatic carbocycles. The van der Waals surface area contributed by atoms with E-state index in [1.165, 1.54) is 0 Å². The van der Waals surface area contributed by atoms with Crippen molar-refractivity contribution >= 4 is 21.8 Å². The summed E-state index contributed by atoms with van der Waals surface area (Å²) in [5.41, 5.74) is 1.64. The first kappa shape index (κ1) is 15.2. The second-order valence-corrected chi connectivity index (χ2v) is 5.81. The van der Waals surface area contributed by atoms with Gasteiger partial charge in [0.1, 0.15) is 0 Å². The van der Waals surface area contributed by atoms with Gasteiger partial charge < -0.3 is 10.4 Å². The van der Waals surface area contributed by atoms with Crippen molar-refractivity contribution < 1.29 is 9.90 Å². The number of carbonyl (C=O) groups excluding carboxylic acids is 1. The van der Waals surface area contributed by atoms with E-state index in [1.54, 1.807) is 6.07 Å². The minimum Gasteiger partial charge on any atom is -0.391 e. The zero-order chi connectivity index (χ0) is 13.7. The van der Waals surface area contributed by atoms with E-state index in [1.807, 2.05) is 32.9 Å². The van der Waals surface area contributed by atoms with Crippen LogP contribution >= 0.6 is 15.9 Å². The number of aryl methyl sites for hydroxylation is 1. The Labute approximate surface area is 117 Å². The Morgan fingerprint density at radius 1 is 1.44 bits per heavy atom. The van der Waals surface area contributed by atoms with Crippen molar-refractivity contribution in [1.29, 1.82) is 0 Å². The third-order valence-electron chi connectivity index (χ3n) is 2.66. The third-order valence-corrected chi connectivity index (χ3v) is 3.55. The molecule has 0 aliphatic heterocycles. The number of hydrogen-bond donors (Lipinski definition) is 2. The highest BCUT2D eigenvalue weighted by molar-refractivity contribution is 9.10. The summed E-state index contributed by atoms with van der Waals surface area (Å²) in [6.07, 6.45) is 0.213. The zero-order valence-corrected chi connectivity index (χ0v) is 12.6. The fourth-order valence-corrected chi connectivity index (χ4v) is 1.97. The summed E-state index contributed by atoms with van der Waals surface area (Å²) in [6, 6.07) is 5.45. The molecular weight excluding hydrogens is 294 g/mol. The second-order valence-electron chi connectivity index (χ2n) is 4.96. The maximum absolute atomic E-state index is 11.9. The highest BCUT2D eigenvalue weighted by atomic mass is 79.9. The third kappa shape index (κ3) is 4.78. The molecule has 1 rings (SSSR count). The molecule has 1 aromatic rings. The number of aliphatic hydroxyl groups is 1. The maximum atomic E-state index is 11.9. The van der Waals surface area contributed by atoms with Crippen LogP contribution in [-0.4, -0.2) is 23.7 Å². The van der Waals surface area contributed by atoms with Gasteiger partial charge in [0.2, 0.25) is 0 Å². The lowest BCUT2D eigenvalue weighted by atomic mass is 10.1. The molecule has 0 aliphatic carbocycles. The Hall–Kier alpha value is -0.870. The van der Waals surface area contributed by atoms with Gasteiger partial charge in [-0.1, -0.05) is 29.8 Å². The first-order valence-corrected chi connectivity index (χ1v) is 6.92. The van der Waals surface area contributed by atoms with Crippen molar-refractivity contribution in [2.24, 2.45) is 5.92 Å². The molecule has 1 amide bonds. The second kappa shape index (κ2) is 6.90. The Morgan fingerprint density at radius 3 is 2.67 bits per heavy atom. The lowest BCUT2D eigenvalue weighted by Crippen LogP contribution is -2.32. The molecule has 0 bridgehead atoms. The van der Waals surface area contributed by atoms with Crippen molar-refractivity contribution in [3.8, 4) is 0 Å². The Kier molecular flexibility index (Phi) is 5.82.